The molecule has 20 heavy (non-hydrogen) atoms. The highest BCUT2D eigenvalue weighted by molar-refractivity contribution is 7.80. The van der Waals surface area contributed by atoms with Crippen molar-refractivity contribution in [1.82, 2.24) is 9.88 Å². The smallest absolute Gasteiger partial charge is 0.257 e. The molecule has 104 valence electrons. The van der Waals surface area contributed by atoms with Gasteiger partial charge in [-0.1, -0.05) is 6.07 Å². The van der Waals surface area contributed by atoms with Crippen LogP contribution in [-0.4, -0.2) is 22.3 Å². The maximum absolute atomic E-state index is 13.8. The van der Waals surface area contributed by atoms with Gasteiger partial charge in [0.1, 0.15) is 5.82 Å². The van der Waals surface area contributed by atoms with E-state index in [9.17, 15) is 9.18 Å². The minimum atomic E-state index is -0.535. The highest BCUT2D eigenvalue weighted by Crippen LogP contribution is 2.16. The van der Waals surface area contributed by atoms with Crippen LogP contribution in [0.15, 0.2) is 47.5 Å². The highest BCUT2D eigenvalue weighted by atomic mass is 32.1. The van der Waals surface area contributed by atoms with Crippen molar-refractivity contribution in [3.63, 3.8) is 0 Å². The predicted octanol–water partition coefficient (Wildman–Crippen LogP) is 3.17. The number of carbonyl (C=O) groups excluding carboxylic acids is 1. The van der Waals surface area contributed by atoms with Crippen LogP contribution >= 0.6 is 12.6 Å². The van der Waals surface area contributed by atoms with Crippen LogP contribution in [0.5, 0.6) is 0 Å². The van der Waals surface area contributed by atoms with E-state index in [1.54, 1.807) is 11.1 Å². The SMILES string of the molecule is CCN(Cc1ccccn1)C(=O)c1cc(S)ccc1F. The molecule has 0 fully saturated rings. The van der Waals surface area contributed by atoms with Crippen molar-refractivity contribution in [3.8, 4) is 0 Å². The van der Waals surface area contributed by atoms with Gasteiger partial charge in [0.25, 0.3) is 5.91 Å². The topological polar surface area (TPSA) is 33.2 Å². The maximum atomic E-state index is 13.8. The number of amides is 1. The zero-order valence-corrected chi connectivity index (χ0v) is 12.0. The van der Waals surface area contributed by atoms with Crippen LogP contribution in [0.3, 0.4) is 0 Å². The van der Waals surface area contributed by atoms with Crippen LogP contribution in [0.25, 0.3) is 0 Å². The van der Waals surface area contributed by atoms with Gasteiger partial charge in [-0.15, -0.1) is 12.6 Å². The predicted molar refractivity (Wildman–Crippen MR) is 78.3 cm³/mol. The lowest BCUT2D eigenvalue weighted by atomic mass is 10.1. The quantitative estimate of drug-likeness (QED) is 0.877. The molecule has 2 rings (SSSR count). The van der Waals surface area contributed by atoms with Crippen molar-refractivity contribution < 1.29 is 9.18 Å². The van der Waals surface area contributed by atoms with Crippen molar-refractivity contribution in [3.05, 3.63) is 59.7 Å². The average molecular weight is 290 g/mol. The summed E-state index contributed by atoms with van der Waals surface area (Å²) in [5.41, 5.74) is 0.806. The summed E-state index contributed by atoms with van der Waals surface area (Å²) in [6.45, 7) is 2.68. The first-order chi connectivity index (χ1) is 9.61. The summed E-state index contributed by atoms with van der Waals surface area (Å²) in [6.07, 6.45) is 1.67. The highest BCUT2D eigenvalue weighted by Gasteiger charge is 2.18. The van der Waals surface area contributed by atoms with Gasteiger partial charge in [0.05, 0.1) is 17.8 Å². The number of hydrogen-bond acceptors (Lipinski definition) is 3. The average Bonchev–Trinajstić information content (AvgIpc) is 2.47. The molecule has 0 atom stereocenters. The summed E-state index contributed by atoms with van der Waals surface area (Å²) in [5, 5.41) is 0. The first-order valence-corrected chi connectivity index (χ1v) is 6.74. The van der Waals surface area contributed by atoms with Gasteiger partial charge >= 0.3 is 0 Å². The third-order valence-corrected chi connectivity index (χ3v) is 3.21. The van der Waals surface area contributed by atoms with Gasteiger partial charge in [0.2, 0.25) is 0 Å². The molecule has 0 saturated heterocycles. The number of benzene rings is 1. The van der Waals surface area contributed by atoms with Crippen LogP contribution in [0, 0.1) is 5.82 Å². The van der Waals surface area contributed by atoms with E-state index in [0.29, 0.717) is 18.0 Å². The van der Waals surface area contributed by atoms with Crippen molar-refractivity contribution in [2.75, 3.05) is 6.54 Å². The van der Waals surface area contributed by atoms with Gasteiger partial charge in [-0.3, -0.25) is 9.78 Å². The monoisotopic (exact) mass is 290 g/mol. The second kappa shape index (κ2) is 6.52. The molecular formula is C15H15FN2OS. The number of hydrogen-bond donors (Lipinski definition) is 1. The molecule has 0 aliphatic rings. The Morgan fingerprint density at radius 1 is 1.35 bits per heavy atom. The summed E-state index contributed by atoms with van der Waals surface area (Å²) in [5.74, 6) is -0.890. The van der Waals surface area contributed by atoms with Crippen molar-refractivity contribution >= 4 is 18.5 Å². The Hall–Kier alpha value is -1.88. The molecule has 0 aliphatic carbocycles. The number of carbonyl (C=O) groups is 1. The van der Waals surface area contributed by atoms with Crippen LogP contribution in [0.1, 0.15) is 23.0 Å². The minimum absolute atomic E-state index is 0.0373. The minimum Gasteiger partial charge on any atom is -0.333 e. The normalized spacial score (nSPS) is 10.3. The van der Waals surface area contributed by atoms with Gasteiger partial charge in [0, 0.05) is 17.6 Å². The van der Waals surface area contributed by atoms with Gasteiger partial charge < -0.3 is 4.90 Å². The molecule has 3 nitrogen and oxygen atoms in total. The second-order valence-electron chi connectivity index (χ2n) is 4.30. The summed E-state index contributed by atoms with van der Waals surface area (Å²) in [7, 11) is 0. The van der Waals surface area contributed by atoms with Crippen molar-refractivity contribution in [2.24, 2.45) is 0 Å². The largest absolute Gasteiger partial charge is 0.333 e. The molecule has 0 radical (unpaired) electrons. The number of thiol groups is 1. The molecule has 1 aromatic heterocycles. The number of aromatic nitrogens is 1. The Labute approximate surface area is 122 Å². The molecule has 5 heteroatoms. The molecule has 1 heterocycles. The Balaban J connectivity index is 2.23. The van der Waals surface area contributed by atoms with Crippen LogP contribution < -0.4 is 0 Å². The first-order valence-electron chi connectivity index (χ1n) is 6.29. The van der Waals surface area contributed by atoms with E-state index < -0.39 is 5.82 Å². The van der Waals surface area contributed by atoms with E-state index in [-0.39, 0.29) is 11.5 Å². The number of halogens is 1. The van der Waals surface area contributed by atoms with Crippen LogP contribution in [0.2, 0.25) is 0 Å². The Morgan fingerprint density at radius 2 is 2.15 bits per heavy atom. The van der Waals surface area contributed by atoms with E-state index >= 15 is 0 Å². The second-order valence-corrected chi connectivity index (χ2v) is 4.82. The molecule has 2 aromatic rings. The van der Waals surface area contributed by atoms with Gasteiger partial charge in [-0.25, -0.2) is 4.39 Å². The van der Waals surface area contributed by atoms with Gasteiger partial charge in [-0.05, 0) is 37.3 Å². The number of rotatable bonds is 4. The zero-order chi connectivity index (χ0) is 14.5. The molecule has 1 amide bonds. The zero-order valence-electron chi connectivity index (χ0n) is 11.1. The fourth-order valence-corrected chi connectivity index (χ4v) is 2.07. The van der Waals surface area contributed by atoms with Crippen LogP contribution in [0.4, 0.5) is 4.39 Å². The summed E-state index contributed by atoms with van der Waals surface area (Å²) >= 11 is 4.14. The van der Waals surface area contributed by atoms with E-state index in [1.165, 1.54) is 18.2 Å². The summed E-state index contributed by atoms with van der Waals surface area (Å²) < 4.78 is 13.8. The molecule has 0 saturated carbocycles. The first kappa shape index (κ1) is 14.5. The van der Waals surface area contributed by atoms with E-state index in [1.807, 2.05) is 25.1 Å². The summed E-state index contributed by atoms with van der Waals surface area (Å²) in [4.78, 5) is 18.7. The fourth-order valence-electron chi connectivity index (χ4n) is 1.86. The van der Waals surface area contributed by atoms with E-state index in [2.05, 4.69) is 17.6 Å². The van der Waals surface area contributed by atoms with E-state index in [0.717, 1.165) is 5.69 Å². The molecule has 0 N–H and O–H groups in total. The van der Waals surface area contributed by atoms with Gasteiger partial charge in [0.15, 0.2) is 0 Å². The van der Waals surface area contributed by atoms with Crippen molar-refractivity contribution in [1.29, 1.82) is 0 Å². The lowest BCUT2D eigenvalue weighted by Crippen LogP contribution is -2.31. The number of nitrogens with zero attached hydrogens (tertiary/aromatic N) is 2. The Morgan fingerprint density at radius 3 is 2.80 bits per heavy atom. The molecule has 0 spiro atoms. The standard InChI is InChI=1S/C15H15FN2OS/c1-2-18(10-11-5-3-4-8-17-11)15(19)13-9-12(20)6-7-14(13)16/h3-9,20H,2,10H2,1H3. The summed E-state index contributed by atoms with van der Waals surface area (Å²) in [6, 6.07) is 9.72. The van der Waals surface area contributed by atoms with E-state index in [4.69, 9.17) is 0 Å². The van der Waals surface area contributed by atoms with Gasteiger partial charge in [-0.2, -0.15) is 0 Å². The van der Waals surface area contributed by atoms with Crippen molar-refractivity contribution in [2.45, 2.75) is 18.4 Å². The van der Waals surface area contributed by atoms with Crippen LogP contribution in [-0.2, 0) is 6.54 Å². The molecule has 1 aromatic carbocycles. The third kappa shape index (κ3) is 3.36. The maximum Gasteiger partial charge on any atom is 0.257 e. The lowest BCUT2D eigenvalue weighted by molar-refractivity contribution is 0.0745. The third-order valence-electron chi connectivity index (χ3n) is 2.93. The number of pyridine rings is 1. The Kier molecular flexibility index (Phi) is 4.74. The Bertz CT molecular complexity index is 604. The molecular weight excluding hydrogens is 275 g/mol. The molecule has 0 unspecified atom stereocenters. The lowest BCUT2D eigenvalue weighted by Gasteiger charge is -2.21. The molecule has 0 bridgehead atoms. The molecule has 0 aliphatic heterocycles. The fraction of sp³-hybridized carbons (Fsp3) is 0.200.